The van der Waals surface area contributed by atoms with Crippen LogP contribution in [0.2, 0.25) is 0 Å². The minimum absolute atomic E-state index is 0.437. The third kappa shape index (κ3) is 2.35. The second kappa shape index (κ2) is 5.69. The van der Waals surface area contributed by atoms with Gasteiger partial charge in [-0.15, -0.1) is 0 Å². The van der Waals surface area contributed by atoms with Gasteiger partial charge < -0.3 is 5.11 Å². The zero-order valence-corrected chi connectivity index (χ0v) is 14.6. The molecule has 4 unspecified atom stereocenters. The zero-order valence-electron chi connectivity index (χ0n) is 14.6. The van der Waals surface area contributed by atoms with Crippen LogP contribution < -0.4 is 0 Å². The van der Waals surface area contributed by atoms with Crippen LogP contribution in [-0.2, 0) is 6.42 Å². The number of aryl methyl sites for hydroxylation is 1. The van der Waals surface area contributed by atoms with Gasteiger partial charge in [0.2, 0.25) is 0 Å². The second-order valence-corrected chi connectivity index (χ2v) is 8.32. The predicted molar refractivity (Wildman–Crippen MR) is 95.7 cm³/mol. The Bertz CT molecular complexity index is 629. The van der Waals surface area contributed by atoms with Crippen molar-refractivity contribution in [1.29, 1.82) is 0 Å². The Morgan fingerprint density at radius 1 is 1.26 bits per heavy atom. The lowest BCUT2D eigenvalue weighted by atomic mass is 9.54. The molecule has 1 nitrogen and oxygen atoms in total. The van der Waals surface area contributed by atoms with Crippen molar-refractivity contribution < 1.29 is 5.11 Å². The van der Waals surface area contributed by atoms with Crippen LogP contribution in [0.4, 0.5) is 0 Å². The lowest BCUT2D eigenvalue weighted by Gasteiger charge is -2.50. The van der Waals surface area contributed by atoms with Crippen molar-refractivity contribution >= 4 is 0 Å². The summed E-state index contributed by atoms with van der Waals surface area (Å²) in [7, 11) is 0. The standard InChI is InChI=1S/C22H30O/c1-3-4-5-16-7-11-21-20-9-6-15-14-17(23)8-10-18(15)19(20)12-13-22(16,21)2/h7-8,10,14,19-21,23H,3-6,9,11-13H2,1-2H3. The highest BCUT2D eigenvalue weighted by molar-refractivity contribution is 5.41. The lowest BCUT2D eigenvalue weighted by Crippen LogP contribution is -2.41. The minimum Gasteiger partial charge on any atom is -0.508 e. The number of phenols is 1. The largest absolute Gasteiger partial charge is 0.508 e. The molecular weight excluding hydrogens is 280 g/mol. The molecule has 0 amide bonds. The average molecular weight is 310 g/mol. The molecule has 1 aromatic carbocycles. The SMILES string of the molecule is CCCCC1=CCC2C3CCc4cc(O)ccc4C3CCC12C. The van der Waals surface area contributed by atoms with Crippen LogP contribution in [0.1, 0.15) is 75.8 Å². The number of allylic oxidation sites excluding steroid dienone is 2. The first-order valence-corrected chi connectivity index (χ1v) is 9.65. The van der Waals surface area contributed by atoms with Crippen LogP contribution in [0.25, 0.3) is 0 Å². The predicted octanol–water partition coefficient (Wildman–Crippen LogP) is 5.97. The van der Waals surface area contributed by atoms with Gasteiger partial charge in [-0.1, -0.05) is 38.0 Å². The van der Waals surface area contributed by atoms with Crippen LogP contribution in [-0.4, -0.2) is 5.11 Å². The van der Waals surface area contributed by atoms with E-state index in [0.717, 1.165) is 24.2 Å². The fourth-order valence-corrected chi connectivity index (χ4v) is 5.98. The maximum atomic E-state index is 9.78. The van der Waals surface area contributed by atoms with Gasteiger partial charge in [-0.05, 0) is 91.4 Å². The van der Waals surface area contributed by atoms with Crippen LogP contribution in [0.5, 0.6) is 5.75 Å². The summed E-state index contributed by atoms with van der Waals surface area (Å²) in [6, 6.07) is 6.12. The molecule has 0 aromatic heterocycles. The van der Waals surface area contributed by atoms with Crippen molar-refractivity contribution in [3.05, 3.63) is 41.0 Å². The Hall–Kier alpha value is -1.24. The number of hydrogen-bond donors (Lipinski definition) is 1. The molecule has 4 atom stereocenters. The molecule has 0 saturated heterocycles. The van der Waals surface area contributed by atoms with E-state index in [2.05, 4.69) is 26.0 Å². The Balaban J connectivity index is 1.60. The summed E-state index contributed by atoms with van der Waals surface area (Å²) in [6.07, 6.45) is 13.1. The Morgan fingerprint density at radius 3 is 2.96 bits per heavy atom. The van der Waals surface area contributed by atoms with Crippen molar-refractivity contribution in [3.8, 4) is 5.75 Å². The summed E-state index contributed by atoms with van der Waals surface area (Å²) >= 11 is 0. The quantitative estimate of drug-likeness (QED) is 0.681. The maximum Gasteiger partial charge on any atom is 0.115 e. The van der Waals surface area contributed by atoms with Crippen LogP contribution in [0.15, 0.2) is 29.8 Å². The molecule has 23 heavy (non-hydrogen) atoms. The molecule has 0 aliphatic heterocycles. The Kier molecular flexibility index (Phi) is 3.78. The third-order valence-electron chi connectivity index (χ3n) is 7.25. The normalized spacial score (nSPS) is 35.2. The number of rotatable bonds is 3. The van der Waals surface area contributed by atoms with E-state index < -0.39 is 0 Å². The first-order valence-electron chi connectivity index (χ1n) is 9.65. The smallest absolute Gasteiger partial charge is 0.115 e. The van der Waals surface area contributed by atoms with Crippen molar-refractivity contribution in [1.82, 2.24) is 0 Å². The van der Waals surface area contributed by atoms with E-state index in [1.807, 2.05) is 12.1 Å². The molecule has 1 heteroatoms. The molecule has 3 aliphatic rings. The number of hydrogen-bond acceptors (Lipinski definition) is 1. The average Bonchev–Trinajstić information content (AvgIpc) is 2.89. The van der Waals surface area contributed by atoms with E-state index in [9.17, 15) is 5.11 Å². The number of fused-ring (bicyclic) bond motifs is 5. The summed E-state index contributed by atoms with van der Waals surface area (Å²) < 4.78 is 0. The lowest BCUT2D eigenvalue weighted by molar-refractivity contribution is 0.0729. The van der Waals surface area contributed by atoms with Crippen LogP contribution in [0.3, 0.4) is 0 Å². The number of unbranched alkanes of at least 4 members (excludes halogenated alkanes) is 1. The summed E-state index contributed by atoms with van der Waals surface area (Å²) in [5.74, 6) is 2.87. The molecule has 1 fully saturated rings. The van der Waals surface area contributed by atoms with E-state index in [1.165, 1.54) is 50.5 Å². The summed E-state index contributed by atoms with van der Waals surface area (Å²) in [4.78, 5) is 0. The molecular formula is C22H30O. The maximum absolute atomic E-state index is 9.78. The highest BCUT2D eigenvalue weighted by Gasteiger charge is 2.51. The molecule has 0 heterocycles. The molecule has 1 aromatic rings. The highest BCUT2D eigenvalue weighted by atomic mass is 16.3. The van der Waals surface area contributed by atoms with Gasteiger partial charge in [0.15, 0.2) is 0 Å². The molecule has 1 saturated carbocycles. The van der Waals surface area contributed by atoms with E-state index >= 15 is 0 Å². The molecule has 0 spiro atoms. The molecule has 1 N–H and O–H groups in total. The van der Waals surface area contributed by atoms with Gasteiger partial charge in [-0.2, -0.15) is 0 Å². The summed E-state index contributed by atoms with van der Waals surface area (Å²) in [6.45, 7) is 4.87. The van der Waals surface area contributed by atoms with Crippen LogP contribution >= 0.6 is 0 Å². The fraction of sp³-hybridized carbons (Fsp3) is 0.636. The van der Waals surface area contributed by atoms with Gasteiger partial charge in [0.1, 0.15) is 5.75 Å². The third-order valence-corrected chi connectivity index (χ3v) is 7.25. The van der Waals surface area contributed by atoms with E-state index in [4.69, 9.17) is 0 Å². The number of phenolic OH excluding ortho intramolecular Hbond substituents is 1. The molecule has 4 rings (SSSR count). The van der Waals surface area contributed by atoms with Crippen molar-refractivity contribution in [2.75, 3.05) is 0 Å². The van der Waals surface area contributed by atoms with Gasteiger partial charge in [0, 0.05) is 0 Å². The topological polar surface area (TPSA) is 20.2 Å². The fourth-order valence-electron chi connectivity index (χ4n) is 5.98. The van der Waals surface area contributed by atoms with E-state index in [-0.39, 0.29) is 0 Å². The van der Waals surface area contributed by atoms with Gasteiger partial charge in [-0.3, -0.25) is 0 Å². The van der Waals surface area contributed by atoms with Crippen molar-refractivity contribution in [2.24, 2.45) is 17.3 Å². The number of benzene rings is 1. The Morgan fingerprint density at radius 2 is 2.13 bits per heavy atom. The van der Waals surface area contributed by atoms with Crippen LogP contribution in [0, 0.1) is 17.3 Å². The van der Waals surface area contributed by atoms with Gasteiger partial charge in [-0.25, -0.2) is 0 Å². The first-order chi connectivity index (χ1) is 11.1. The monoisotopic (exact) mass is 310 g/mol. The highest BCUT2D eigenvalue weighted by Crippen LogP contribution is 2.61. The zero-order chi connectivity index (χ0) is 16.0. The van der Waals surface area contributed by atoms with E-state index in [1.54, 1.807) is 11.1 Å². The van der Waals surface area contributed by atoms with Crippen molar-refractivity contribution in [3.63, 3.8) is 0 Å². The number of aromatic hydroxyl groups is 1. The molecule has 0 radical (unpaired) electrons. The van der Waals surface area contributed by atoms with Gasteiger partial charge in [0.25, 0.3) is 0 Å². The molecule has 3 aliphatic carbocycles. The molecule has 124 valence electrons. The van der Waals surface area contributed by atoms with Gasteiger partial charge in [0.05, 0.1) is 0 Å². The second-order valence-electron chi connectivity index (χ2n) is 8.32. The first kappa shape index (κ1) is 15.3. The van der Waals surface area contributed by atoms with Gasteiger partial charge >= 0.3 is 0 Å². The Labute approximate surface area is 140 Å². The van der Waals surface area contributed by atoms with E-state index in [0.29, 0.717) is 11.2 Å². The summed E-state index contributed by atoms with van der Waals surface area (Å²) in [5, 5.41) is 9.78. The molecule has 0 bridgehead atoms. The van der Waals surface area contributed by atoms with Crippen molar-refractivity contribution in [2.45, 2.75) is 71.1 Å². The summed E-state index contributed by atoms with van der Waals surface area (Å²) in [5.41, 5.74) is 5.21. The minimum atomic E-state index is 0.437.